The third-order valence-corrected chi connectivity index (χ3v) is 5.96. The molecule has 0 bridgehead atoms. The lowest BCUT2D eigenvalue weighted by Gasteiger charge is -2.28. The smallest absolute Gasteiger partial charge is 0.251 e. The summed E-state index contributed by atoms with van der Waals surface area (Å²) in [5.74, 6) is 0.275. The highest BCUT2D eigenvalue weighted by atomic mass is 16.3. The van der Waals surface area contributed by atoms with E-state index >= 15 is 0 Å². The van der Waals surface area contributed by atoms with Gasteiger partial charge in [-0.2, -0.15) is 5.26 Å². The van der Waals surface area contributed by atoms with Crippen molar-refractivity contribution in [3.63, 3.8) is 0 Å². The Labute approximate surface area is 188 Å². The van der Waals surface area contributed by atoms with Crippen molar-refractivity contribution in [2.24, 2.45) is 0 Å². The normalized spacial score (nSPS) is 13.2. The number of aromatic hydroxyl groups is 1. The molecule has 0 aliphatic carbocycles. The van der Waals surface area contributed by atoms with E-state index in [4.69, 9.17) is 5.26 Å². The monoisotopic (exact) mass is 425 g/mol. The Kier molecular flexibility index (Phi) is 6.84. The van der Waals surface area contributed by atoms with Crippen molar-refractivity contribution < 1.29 is 9.90 Å². The number of hydrogen-bond donors (Lipinski definition) is 2. The van der Waals surface area contributed by atoms with E-state index in [1.807, 2.05) is 48.5 Å². The molecule has 1 aliphatic heterocycles. The topological polar surface area (TPSA) is 76.4 Å². The SMILES string of the molecule is N#Cc1ccc(-c2ccc(C(=O)NCCCCN3CCc4ccc(O)cc4C3)cc2)cc1. The van der Waals surface area contributed by atoms with Gasteiger partial charge >= 0.3 is 0 Å². The quantitative estimate of drug-likeness (QED) is 0.547. The van der Waals surface area contributed by atoms with Crippen LogP contribution in [0.1, 0.15) is 39.9 Å². The fourth-order valence-corrected chi connectivity index (χ4v) is 4.11. The number of phenolic OH excluding ortho intramolecular Hbond substituents is 1. The van der Waals surface area contributed by atoms with Crippen LogP contribution in [0.2, 0.25) is 0 Å². The zero-order valence-electron chi connectivity index (χ0n) is 18.1. The van der Waals surface area contributed by atoms with E-state index in [1.165, 1.54) is 11.1 Å². The highest BCUT2D eigenvalue weighted by molar-refractivity contribution is 5.94. The van der Waals surface area contributed by atoms with Crippen molar-refractivity contribution in [1.29, 1.82) is 5.26 Å². The molecular formula is C27H27N3O2. The van der Waals surface area contributed by atoms with E-state index in [1.54, 1.807) is 18.2 Å². The number of phenols is 1. The van der Waals surface area contributed by atoms with E-state index in [0.29, 0.717) is 23.4 Å². The minimum atomic E-state index is -0.0567. The summed E-state index contributed by atoms with van der Waals surface area (Å²) in [5.41, 5.74) is 5.86. The number of nitrogens with one attached hydrogen (secondary N) is 1. The summed E-state index contributed by atoms with van der Waals surface area (Å²) in [4.78, 5) is 14.8. The molecule has 0 radical (unpaired) electrons. The number of nitrogens with zero attached hydrogens (tertiary/aromatic N) is 2. The van der Waals surface area contributed by atoms with Crippen LogP contribution in [0.3, 0.4) is 0 Å². The third-order valence-electron chi connectivity index (χ3n) is 5.96. The molecule has 0 atom stereocenters. The van der Waals surface area contributed by atoms with Gasteiger partial charge in [-0.15, -0.1) is 0 Å². The van der Waals surface area contributed by atoms with E-state index in [0.717, 1.165) is 50.0 Å². The third kappa shape index (κ3) is 5.35. The molecule has 0 aromatic heterocycles. The molecule has 1 heterocycles. The molecule has 4 rings (SSSR count). The Bertz CT molecular complexity index is 1120. The predicted octanol–water partition coefficient (Wildman–Crippen LogP) is 4.50. The molecule has 1 amide bonds. The number of nitriles is 1. The number of amides is 1. The van der Waals surface area contributed by atoms with Crippen LogP contribution in [-0.2, 0) is 13.0 Å². The van der Waals surface area contributed by atoms with Crippen molar-refractivity contribution in [2.45, 2.75) is 25.8 Å². The summed E-state index contributed by atoms with van der Waals surface area (Å²) in [6, 6.07) is 22.7. The maximum absolute atomic E-state index is 12.4. The number of carbonyl (C=O) groups is 1. The molecule has 3 aromatic carbocycles. The van der Waals surface area contributed by atoms with Crippen LogP contribution in [0.4, 0.5) is 0 Å². The summed E-state index contributed by atoms with van der Waals surface area (Å²) >= 11 is 0. The number of unbranched alkanes of at least 4 members (excludes halogenated alkanes) is 1. The largest absolute Gasteiger partial charge is 0.508 e. The minimum absolute atomic E-state index is 0.0567. The van der Waals surface area contributed by atoms with Gasteiger partial charge in [0, 0.05) is 25.2 Å². The van der Waals surface area contributed by atoms with Gasteiger partial charge in [-0.1, -0.05) is 30.3 Å². The Morgan fingerprint density at radius 2 is 1.69 bits per heavy atom. The van der Waals surface area contributed by atoms with E-state index in [-0.39, 0.29) is 5.91 Å². The minimum Gasteiger partial charge on any atom is -0.508 e. The predicted molar refractivity (Wildman–Crippen MR) is 125 cm³/mol. The maximum atomic E-state index is 12.4. The summed E-state index contributed by atoms with van der Waals surface area (Å²) in [5, 5.41) is 21.6. The molecule has 3 aromatic rings. The van der Waals surface area contributed by atoms with Crippen molar-refractivity contribution in [1.82, 2.24) is 10.2 Å². The Hall–Kier alpha value is -3.62. The lowest BCUT2D eigenvalue weighted by Crippen LogP contribution is -2.32. The van der Waals surface area contributed by atoms with E-state index < -0.39 is 0 Å². The standard InChI is InChI=1S/C27H27N3O2/c28-18-20-3-5-21(6-4-20)22-7-9-24(10-8-22)27(32)29-14-1-2-15-30-16-13-23-11-12-26(31)17-25(23)19-30/h3-12,17,31H,1-2,13-16,19H2,(H,29,32). The summed E-state index contributed by atoms with van der Waals surface area (Å²) < 4.78 is 0. The van der Waals surface area contributed by atoms with Gasteiger partial charge in [0.15, 0.2) is 0 Å². The lowest BCUT2D eigenvalue weighted by atomic mass is 9.99. The second kappa shape index (κ2) is 10.1. The Balaban J connectivity index is 1.19. The number of rotatable bonds is 7. The molecule has 1 aliphatic rings. The summed E-state index contributed by atoms with van der Waals surface area (Å²) in [7, 11) is 0. The average Bonchev–Trinajstić information content (AvgIpc) is 2.83. The summed E-state index contributed by atoms with van der Waals surface area (Å²) in [6.07, 6.45) is 2.97. The van der Waals surface area contributed by atoms with Crippen LogP contribution >= 0.6 is 0 Å². The molecule has 0 saturated carbocycles. The van der Waals surface area contributed by atoms with Crippen molar-refractivity contribution in [3.05, 3.63) is 89.0 Å². The molecule has 0 unspecified atom stereocenters. The number of benzene rings is 3. The van der Waals surface area contributed by atoms with Gasteiger partial charge < -0.3 is 10.4 Å². The molecule has 32 heavy (non-hydrogen) atoms. The maximum Gasteiger partial charge on any atom is 0.251 e. The van der Waals surface area contributed by atoms with Gasteiger partial charge in [0.2, 0.25) is 0 Å². The van der Waals surface area contributed by atoms with Crippen LogP contribution in [0, 0.1) is 11.3 Å². The summed E-state index contributed by atoms with van der Waals surface area (Å²) in [6.45, 7) is 3.56. The molecule has 0 fully saturated rings. The fourth-order valence-electron chi connectivity index (χ4n) is 4.11. The van der Waals surface area contributed by atoms with E-state index in [9.17, 15) is 9.90 Å². The van der Waals surface area contributed by atoms with Gasteiger partial charge in [0.1, 0.15) is 5.75 Å². The zero-order chi connectivity index (χ0) is 22.3. The van der Waals surface area contributed by atoms with Gasteiger partial charge in [-0.05, 0) is 84.5 Å². The molecule has 5 nitrogen and oxygen atoms in total. The Morgan fingerprint density at radius 3 is 2.41 bits per heavy atom. The van der Waals surface area contributed by atoms with Crippen LogP contribution in [0.15, 0.2) is 66.7 Å². The van der Waals surface area contributed by atoms with Gasteiger partial charge in [0.05, 0.1) is 11.6 Å². The number of carbonyl (C=O) groups excluding carboxylic acids is 1. The van der Waals surface area contributed by atoms with Crippen LogP contribution in [-0.4, -0.2) is 35.5 Å². The molecule has 0 saturated heterocycles. The van der Waals surface area contributed by atoms with E-state index in [2.05, 4.69) is 16.3 Å². The number of hydrogen-bond acceptors (Lipinski definition) is 4. The van der Waals surface area contributed by atoms with Crippen LogP contribution in [0.5, 0.6) is 5.75 Å². The first-order chi connectivity index (χ1) is 15.6. The zero-order valence-corrected chi connectivity index (χ0v) is 18.1. The highest BCUT2D eigenvalue weighted by Crippen LogP contribution is 2.23. The molecule has 0 spiro atoms. The second-order valence-electron chi connectivity index (χ2n) is 8.21. The average molecular weight is 426 g/mol. The lowest BCUT2D eigenvalue weighted by molar-refractivity contribution is 0.0952. The fraction of sp³-hybridized carbons (Fsp3) is 0.259. The molecule has 2 N–H and O–H groups in total. The molecular weight excluding hydrogens is 398 g/mol. The Morgan fingerprint density at radius 1 is 0.969 bits per heavy atom. The van der Waals surface area contributed by atoms with Crippen molar-refractivity contribution >= 4 is 5.91 Å². The molecule has 5 heteroatoms. The van der Waals surface area contributed by atoms with Crippen LogP contribution in [0.25, 0.3) is 11.1 Å². The first-order valence-electron chi connectivity index (χ1n) is 11.0. The molecule has 162 valence electrons. The number of fused-ring (bicyclic) bond motifs is 1. The van der Waals surface area contributed by atoms with Crippen LogP contribution < -0.4 is 5.32 Å². The van der Waals surface area contributed by atoms with Crippen molar-refractivity contribution in [2.75, 3.05) is 19.6 Å². The first-order valence-corrected chi connectivity index (χ1v) is 11.0. The first kappa shape index (κ1) is 21.6. The van der Waals surface area contributed by atoms with Gasteiger partial charge in [-0.3, -0.25) is 9.69 Å². The second-order valence-corrected chi connectivity index (χ2v) is 8.21. The highest BCUT2D eigenvalue weighted by Gasteiger charge is 2.16. The van der Waals surface area contributed by atoms with Gasteiger partial charge in [-0.25, -0.2) is 0 Å². The van der Waals surface area contributed by atoms with Gasteiger partial charge in [0.25, 0.3) is 5.91 Å². The van der Waals surface area contributed by atoms with Crippen molar-refractivity contribution in [3.8, 4) is 22.9 Å².